The van der Waals surface area contributed by atoms with Crippen LogP contribution in [0.4, 0.5) is 0 Å². The van der Waals surface area contributed by atoms with Crippen molar-refractivity contribution in [3.63, 3.8) is 0 Å². The zero-order chi connectivity index (χ0) is 14.1. The van der Waals surface area contributed by atoms with Crippen molar-refractivity contribution >= 4 is 22.2 Å². The van der Waals surface area contributed by atoms with Crippen LogP contribution in [0.25, 0.3) is 33.4 Å². The van der Waals surface area contributed by atoms with E-state index in [4.69, 9.17) is 0 Å². The molecule has 0 amide bonds. The van der Waals surface area contributed by atoms with Gasteiger partial charge < -0.3 is 0 Å². The zero-order valence-corrected chi connectivity index (χ0v) is 11.9. The van der Waals surface area contributed by atoms with E-state index in [0.29, 0.717) is 0 Å². The zero-order valence-electron chi connectivity index (χ0n) is 11.1. The normalized spacial score (nSPS) is 10.9. The van der Waals surface area contributed by atoms with Crippen LogP contribution in [-0.4, -0.2) is 15.0 Å². The molecule has 0 aliphatic carbocycles. The second-order valence-corrected chi connectivity index (χ2v) is 5.41. The molecule has 2 aromatic carbocycles. The summed E-state index contributed by atoms with van der Waals surface area (Å²) in [6, 6.07) is 16.4. The van der Waals surface area contributed by atoms with E-state index in [0.717, 1.165) is 33.4 Å². The smallest absolute Gasteiger partial charge is 0.116 e. The molecule has 0 spiro atoms. The third-order valence-corrected chi connectivity index (χ3v) is 4.00. The predicted molar refractivity (Wildman–Crippen MR) is 86.1 cm³/mol. The summed E-state index contributed by atoms with van der Waals surface area (Å²) in [6.07, 6.45) is 1.62. The molecule has 2 aromatic heterocycles. The minimum absolute atomic E-state index is 0.939. The van der Waals surface area contributed by atoms with Crippen LogP contribution in [0.15, 0.2) is 65.7 Å². The van der Waals surface area contributed by atoms with Gasteiger partial charge in [0.25, 0.3) is 0 Å². The van der Waals surface area contributed by atoms with Gasteiger partial charge in [-0.3, -0.25) is 0 Å². The Balaban J connectivity index is 1.92. The maximum atomic E-state index is 4.44. The van der Waals surface area contributed by atoms with E-state index in [2.05, 4.69) is 45.3 Å². The van der Waals surface area contributed by atoms with E-state index in [1.165, 1.54) is 0 Å². The van der Waals surface area contributed by atoms with Crippen LogP contribution in [0, 0.1) is 0 Å². The topological polar surface area (TPSA) is 38.7 Å². The first kappa shape index (κ1) is 12.2. The number of nitrogens with zero attached hydrogens (tertiary/aromatic N) is 3. The van der Waals surface area contributed by atoms with Crippen molar-refractivity contribution in [1.29, 1.82) is 0 Å². The maximum Gasteiger partial charge on any atom is 0.116 e. The Morgan fingerprint density at radius 3 is 2.52 bits per heavy atom. The van der Waals surface area contributed by atoms with Crippen molar-refractivity contribution in [2.75, 3.05) is 0 Å². The molecular formula is C17H11N3S. The van der Waals surface area contributed by atoms with Gasteiger partial charge in [0, 0.05) is 21.9 Å². The number of thiazole rings is 1. The number of aromatic nitrogens is 3. The predicted octanol–water partition coefficient (Wildman–Crippen LogP) is 4.42. The summed E-state index contributed by atoms with van der Waals surface area (Å²) in [5.74, 6) is 0. The van der Waals surface area contributed by atoms with Crippen LogP contribution < -0.4 is 0 Å². The summed E-state index contributed by atoms with van der Waals surface area (Å²) >= 11 is 1.60. The van der Waals surface area contributed by atoms with Crippen molar-refractivity contribution < 1.29 is 0 Å². The lowest BCUT2D eigenvalue weighted by atomic mass is 10.0. The van der Waals surface area contributed by atoms with Crippen LogP contribution in [0.1, 0.15) is 0 Å². The molecule has 0 saturated carbocycles. The van der Waals surface area contributed by atoms with Crippen LogP contribution in [0.3, 0.4) is 0 Å². The highest BCUT2D eigenvalue weighted by Crippen LogP contribution is 2.28. The molecule has 0 N–H and O–H groups in total. The van der Waals surface area contributed by atoms with Crippen LogP contribution in [0.5, 0.6) is 0 Å². The summed E-state index contributed by atoms with van der Waals surface area (Å²) in [5.41, 5.74) is 6.92. The number of benzene rings is 2. The highest BCUT2D eigenvalue weighted by atomic mass is 32.1. The molecule has 0 saturated heterocycles. The molecule has 0 atom stereocenters. The van der Waals surface area contributed by atoms with Gasteiger partial charge in [0.2, 0.25) is 0 Å². The summed E-state index contributed by atoms with van der Waals surface area (Å²) in [4.78, 5) is 13.2. The maximum absolute atomic E-state index is 4.44. The fourth-order valence-corrected chi connectivity index (χ4v) is 2.96. The number of hydrogen-bond acceptors (Lipinski definition) is 4. The van der Waals surface area contributed by atoms with Gasteiger partial charge in [-0.25, -0.2) is 15.0 Å². The van der Waals surface area contributed by atoms with Gasteiger partial charge >= 0.3 is 0 Å². The Labute approximate surface area is 126 Å². The van der Waals surface area contributed by atoms with E-state index < -0.39 is 0 Å². The van der Waals surface area contributed by atoms with E-state index in [1.54, 1.807) is 17.7 Å². The quantitative estimate of drug-likeness (QED) is 0.548. The Hall–Kier alpha value is -2.59. The van der Waals surface area contributed by atoms with Crippen LogP contribution >= 0.6 is 11.3 Å². The lowest BCUT2D eigenvalue weighted by Crippen LogP contribution is -1.89. The van der Waals surface area contributed by atoms with Crippen LogP contribution in [0.2, 0.25) is 0 Å². The lowest BCUT2D eigenvalue weighted by molar-refractivity contribution is 1.22. The summed E-state index contributed by atoms with van der Waals surface area (Å²) in [7, 11) is 0. The molecule has 0 radical (unpaired) electrons. The summed E-state index contributed by atoms with van der Waals surface area (Å²) in [5, 5.41) is 3.10. The number of rotatable bonds is 2. The van der Waals surface area contributed by atoms with Crippen molar-refractivity contribution in [3.8, 4) is 22.5 Å². The largest absolute Gasteiger partial charge is 0.245 e. The minimum atomic E-state index is 0.939. The molecule has 0 unspecified atom stereocenters. The van der Waals surface area contributed by atoms with Gasteiger partial charge in [0.1, 0.15) is 6.33 Å². The van der Waals surface area contributed by atoms with E-state index >= 15 is 0 Å². The van der Waals surface area contributed by atoms with Crippen molar-refractivity contribution in [1.82, 2.24) is 15.0 Å². The van der Waals surface area contributed by atoms with Crippen molar-refractivity contribution in [3.05, 3.63) is 65.7 Å². The highest BCUT2D eigenvalue weighted by molar-refractivity contribution is 7.07. The van der Waals surface area contributed by atoms with Gasteiger partial charge in [-0.05, 0) is 12.1 Å². The first-order chi connectivity index (χ1) is 10.4. The number of fused-ring (bicyclic) bond motifs is 1. The van der Waals surface area contributed by atoms with Crippen molar-refractivity contribution in [2.45, 2.75) is 0 Å². The fourth-order valence-electron chi connectivity index (χ4n) is 2.40. The van der Waals surface area contributed by atoms with Gasteiger partial charge in [-0.1, -0.05) is 36.4 Å². The molecule has 21 heavy (non-hydrogen) atoms. The minimum Gasteiger partial charge on any atom is -0.245 e. The molecule has 4 aromatic rings. The monoisotopic (exact) mass is 289 g/mol. The molecule has 4 rings (SSSR count). The molecule has 0 aliphatic rings. The summed E-state index contributed by atoms with van der Waals surface area (Å²) < 4.78 is 0. The standard InChI is InChI=1S/C17H11N3S/c1-2-4-12(5-3-1)17-14-7-6-13(16-9-21-11-20-16)8-15(14)18-10-19-17/h1-11H. The van der Waals surface area contributed by atoms with Gasteiger partial charge in [-0.2, -0.15) is 0 Å². The lowest BCUT2D eigenvalue weighted by Gasteiger charge is -2.06. The van der Waals surface area contributed by atoms with E-state index in [-0.39, 0.29) is 0 Å². The second kappa shape index (κ2) is 5.07. The highest BCUT2D eigenvalue weighted by Gasteiger charge is 2.08. The third-order valence-electron chi connectivity index (χ3n) is 3.41. The SMILES string of the molecule is c1ccc(-c2ncnc3cc(-c4cscn4)ccc23)cc1. The second-order valence-electron chi connectivity index (χ2n) is 4.69. The molecule has 0 fully saturated rings. The fraction of sp³-hybridized carbons (Fsp3) is 0. The first-order valence-electron chi connectivity index (χ1n) is 6.60. The average Bonchev–Trinajstić information content (AvgIpc) is 3.09. The average molecular weight is 289 g/mol. The third kappa shape index (κ3) is 2.19. The molecule has 2 heterocycles. The van der Waals surface area contributed by atoms with Gasteiger partial charge in [-0.15, -0.1) is 11.3 Å². The Morgan fingerprint density at radius 1 is 0.810 bits per heavy atom. The van der Waals surface area contributed by atoms with E-state index in [1.807, 2.05) is 29.1 Å². The van der Waals surface area contributed by atoms with Gasteiger partial charge in [0.15, 0.2) is 0 Å². The Kier molecular flexibility index (Phi) is 2.94. The first-order valence-corrected chi connectivity index (χ1v) is 7.55. The Morgan fingerprint density at radius 2 is 1.71 bits per heavy atom. The van der Waals surface area contributed by atoms with E-state index in [9.17, 15) is 0 Å². The number of hydrogen-bond donors (Lipinski definition) is 0. The van der Waals surface area contributed by atoms with Crippen LogP contribution in [-0.2, 0) is 0 Å². The van der Waals surface area contributed by atoms with Gasteiger partial charge in [0.05, 0.1) is 22.4 Å². The molecular weight excluding hydrogens is 278 g/mol. The molecule has 4 heteroatoms. The Bertz CT molecular complexity index is 886. The molecule has 3 nitrogen and oxygen atoms in total. The summed E-state index contributed by atoms with van der Waals surface area (Å²) in [6.45, 7) is 0. The molecule has 0 aliphatic heterocycles. The van der Waals surface area contributed by atoms with Crippen molar-refractivity contribution in [2.24, 2.45) is 0 Å². The molecule has 100 valence electrons. The molecule has 0 bridgehead atoms.